The first-order valence-corrected chi connectivity index (χ1v) is 9.71. The molecular formula is C22H17N3O3S. The monoisotopic (exact) mass is 403 g/mol. The van der Waals surface area contributed by atoms with Gasteiger partial charge in [-0.05, 0) is 48.9 Å². The summed E-state index contributed by atoms with van der Waals surface area (Å²) in [7, 11) is 0. The molecule has 0 unspecified atom stereocenters. The molecule has 0 saturated carbocycles. The quantitative estimate of drug-likeness (QED) is 0.447. The third-order valence-electron chi connectivity index (χ3n) is 4.29. The minimum absolute atomic E-state index is 0.218. The summed E-state index contributed by atoms with van der Waals surface area (Å²) < 4.78 is 8.25. The number of carbonyl (C=O) groups is 2. The number of urea groups is 1. The Morgan fingerprint density at radius 1 is 0.931 bits per heavy atom. The standard InChI is InChI=1S/C22H17N3O3S/c1-14-6-2-3-7-17(14)21(26)29-25-22(27)23-16-12-10-15(11-13-16)20-24-18-8-4-5-9-19(18)28-20/h2-13H,1H3,(H2,23,25,27). The number of hydrogen-bond acceptors (Lipinski definition) is 5. The van der Waals surface area contributed by atoms with Crippen LogP contribution in [0.3, 0.4) is 0 Å². The predicted octanol–water partition coefficient (Wildman–Crippen LogP) is 5.41. The molecule has 0 bridgehead atoms. The highest BCUT2D eigenvalue weighted by Crippen LogP contribution is 2.25. The summed E-state index contributed by atoms with van der Waals surface area (Å²) in [5.41, 5.74) is 4.34. The van der Waals surface area contributed by atoms with E-state index in [9.17, 15) is 9.59 Å². The summed E-state index contributed by atoms with van der Waals surface area (Å²) in [6.07, 6.45) is 0. The molecule has 29 heavy (non-hydrogen) atoms. The lowest BCUT2D eigenvalue weighted by Crippen LogP contribution is -2.24. The molecule has 0 aliphatic carbocycles. The van der Waals surface area contributed by atoms with Gasteiger partial charge in [-0.2, -0.15) is 0 Å². The third-order valence-corrected chi connectivity index (χ3v) is 4.98. The van der Waals surface area contributed by atoms with E-state index in [1.165, 1.54) is 0 Å². The number of carbonyl (C=O) groups excluding carboxylic acids is 2. The van der Waals surface area contributed by atoms with Crippen molar-refractivity contribution in [3.05, 3.63) is 83.9 Å². The number of aryl methyl sites for hydroxylation is 1. The largest absolute Gasteiger partial charge is 0.436 e. The molecule has 0 aliphatic rings. The van der Waals surface area contributed by atoms with Gasteiger partial charge in [-0.25, -0.2) is 9.78 Å². The van der Waals surface area contributed by atoms with Crippen LogP contribution < -0.4 is 10.0 Å². The maximum absolute atomic E-state index is 12.2. The fraction of sp³-hybridized carbons (Fsp3) is 0.0455. The zero-order chi connectivity index (χ0) is 20.2. The van der Waals surface area contributed by atoms with E-state index in [0.717, 1.165) is 34.2 Å². The van der Waals surface area contributed by atoms with Crippen LogP contribution in [0.2, 0.25) is 0 Å². The molecule has 7 heteroatoms. The molecule has 1 aromatic heterocycles. The highest BCUT2D eigenvalue weighted by atomic mass is 32.2. The molecular weight excluding hydrogens is 386 g/mol. The van der Waals surface area contributed by atoms with Crippen molar-refractivity contribution >= 4 is 39.9 Å². The van der Waals surface area contributed by atoms with Crippen LogP contribution >= 0.6 is 11.9 Å². The Hall–Kier alpha value is -3.58. The number of hydrogen-bond donors (Lipinski definition) is 2. The van der Waals surface area contributed by atoms with Crippen LogP contribution in [-0.2, 0) is 0 Å². The first kappa shape index (κ1) is 18.8. The second-order valence-electron chi connectivity index (χ2n) is 6.32. The van der Waals surface area contributed by atoms with E-state index in [-0.39, 0.29) is 5.12 Å². The van der Waals surface area contributed by atoms with Gasteiger partial charge >= 0.3 is 6.03 Å². The second-order valence-corrected chi connectivity index (χ2v) is 7.10. The minimum Gasteiger partial charge on any atom is -0.436 e. The van der Waals surface area contributed by atoms with Crippen LogP contribution in [0.4, 0.5) is 10.5 Å². The van der Waals surface area contributed by atoms with Gasteiger partial charge in [-0.3, -0.25) is 9.52 Å². The lowest BCUT2D eigenvalue weighted by atomic mass is 10.1. The normalized spacial score (nSPS) is 10.7. The van der Waals surface area contributed by atoms with Gasteiger partial charge in [0.15, 0.2) is 5.58 Å². The van der Waals surface area contributed by atoms with Crippen LogP contribution in [0.25, 0.3) is 22.6 Å². The number of nitrogens with zero attached hydrogens (tertiary/aromatic N) is 1. The van der Waals surface area contributed by atoms with Crippen molar-refractivity contribution in [2.45, 2.75) is 6.92 Å². The zero-order valence-electron chi connectivity index (χ0n) is 15.5. The van der Waals surface area contributed by atoms with Gasteiger partial charge in [0.1, 0.15) is 5.52 Å². The summed E-state index contributed by atoms with van der Waals surface area (Å²) in [5.74, 6) is 0.515. The molecule has 4 aromatic rings. The maximum atomic E-state index is 12.2. The SMILES string of the molecule is Cc1ccccc1C(=O)SNC(=O)Nc1ccc(-c2nc3ccccc3o2)cc1. The number of oxazole rings is 1. The molecule has 1 heterocycles. The van der Waals surface area contributed by atoms with E-state index in [1.54, 1.807) is 24.3 Å². The number of para-hydroxylation sites is 2. The summed E-state index contributed by atoms with van der Waals surface area (Å²) in [6.45, 7) is 1.85. The van der Waals surface area contributed by atoms with Crippen molar-refractivity contribution in [2.75, 3.05) is 5.32 Å². The summed E-state index contributed by atoms with van der Waals surface area (Å²) in [6, 6.07) is 21.4. The molecule has 0 saturated heterocycles. The molecule has 0 aliphatic heterocycles. The van der Waals surface area contributed by atoms with Gasteiger partial charge in [-0.1, -0.05) is 36.4 Å². The number of rotatable bonds is 3. The molecule has 6 nitrogen and oxygen atoms in total. The van der Waals surface area contributed by atoms with Gasteiger partial charge in [-0.15, -0.1) is 0 Å². The van der Waals surface area contributed by atoms with Gasteiger partial charge in [0, 0.05) is 28.8 Å². The molecule has 144 valence electrons. The third kappa shape index (κ3) is 4.30. The van der Waals surface area contributed by atoms with Crippen LogP contribution in [0.5, 0.6) is 0 Å². The number of nitrogens with one attached hydrogen (secondary N) is 2. The highest BCUT2D eigenvalue weighted by Gasteiger charge is 2.12. The van der Waals surface area contributed by atoms with E-state index < -0.39 is 6.03 Å². The van der Waals surface area contributed by atoms with Crippen molar-refractivity contribution < 1.29 is 14.0 Å². The predicted molar refractivity (Wildman–Crippen MR) is 115 cm³/mol. The fourth-order valence-corrected chi connectivity index (χ4v) is 3.37. The van der Waals surface area contributed by atoms with Gasteiger partial charge in [0.25, 0.3) is 0 Å². The smallest absolute Gasteiger partial charge is 0.329 e. The fourth-order valence-electron chi connectivity index (χ4n) is 2.80. The summed E-state index contributed by atoms with van der Waals surface area (Å²) >= 11 is 0.747. The molecule has 0 spiro atoms. The Labute approximate surface area is 171 Å². The van der Waals surface area contributed by atoms with E-state index >= 15 is 0 Å². The topological polar surface area (TPSA) is 84.2 Å². The van der Waals surface area contributed by atoms with E-state index in [4.69, 9.17) is 4.42 Å². The van der Waals surface area contributed by atoms with Crippen molar-refractivity contribution in [3.8, 4) is 11.5 Å². The summed E-state index contributed by atoms with van der Waals surface area (Å²) in [5, 5.41) is 2.48. The number of benzene rings is 3. The first-order valence-electron chi connectivity index (χ1n) is 8.90. The highest BCUT2D eigenvalue weighted by molar-refractivity contribution is 8.12. The van der Waals surface area contributed by atoms with Gasteiger partial charge < -0.3 is 9.73 Å². The van der Waals surface area contributed by atoms with Crippen LogP contribution in [0, 0.1) is 6.92 Å². The molecule has 4 rings (SSSR count). The van der Waals surface area contributed by atoms with E-state index in [1.807, 2.05) is 55.5 Å². The van der Waals surface area contributed by atoms with Crippen LogP contribution in [0.1, 0.15) is 15.9 Å². The minimum atomic E-state index is -0.480. The van der Waals surface area contributed by atoms with Crippen LogP contribution in [0.15, 0.2) is 77.2 Å². The lowest BCUT2D eigenvalue weighted by molar-refractivity contribution is 0.108. The lowest BCUT2D eigenvalue weighted by Gasteiger charge is -2.07. The molecule has 2 N–H and O–H groups in total. The number of amides is 2. The van der Waals surface area contributed by atoms with Crippen molar-refractivity contribution in [3.63, 3.8) is 0 Å². The van der Waals surface area contributed by atoms with Crippen molar-refractivity contribution in [1.82, 2.24) is 9.71 Å². The van der Waals surface area contributed by atoms with E-state index in [0.29, 0.717) is 17.1 Å². The number of fused-ring (bicyclic) bond motifs is 1. The van der Waals surface area contributed by atoms with Crippen molar-refractivity contribution in [1.29, 1.82) is 0 Å². The molecule has 0 atom stereocenters. The van der Waals surface area contributed by atoms with Crippen LogP contribution in [-0.4, -0.2) is 16.1 Å². The number of anilines is 1. The molecule has 3 aromatic carbocycles. The van der Waals surface area contributed by atoms with Gasteiger partial charge in [0.2, 0.25) is 11.0 Å². The Morgan fingerprint density at radius 3 is 2.41 bits per heavy atom. The Balaban J connectivity index is 1.36. The average Bonchev–Trinajstić information content (AvgIpc) is 3.17. The Kier molecular flexibility index (Phi) is 5.31. The van der Waals surface area contributed by atoms with Crippen molar-refractivity contribution in [2.24, 2.45) is 0 Å². The molecule has 2 amide bonds. The second kappa shape index (κ2) is 8.20. The number of aromatic nitrogens is 1. The summed E-state index contributed by atoms with van der Waals surface area (Å²) in [4.78, 5) is 28.7. The molecule has 0 fully saturated rings. The zero-order valence-corrected chi connectivity index (χ0v) is 16.3. The maximum Gasteiger partial charge on any atom is 0.329 e. The first-order chi connectivity index (χ1) is 14.1. The Bertz CT molecular complexity index is 1150. The van der Waals surface area contributed by atoms with E-state index in [2.05, 4.69) is 15.0 Å². The van der Waals surface area contributed by atoms with Gasteiger partial charge in [0.05, 0.1) is 0 Å². The molecule has 0 radical (unpaired) electrons. The Morgan fingerprint density at radius 2 is 1.66 bits per heavy atom. The average molecular weight is 403 g/mol.